The zero-order valence-corrected chi connectivity index (χ0v) is 10.1. The smallest absolute Gasteiger partial charge is 0.119 e. The lowest BCUT2D eigenvalue weighted by Crippen LogP contribution is -2.23. The standard InChI is InChI=1S/C13H21NO/c1-9(2)13-6-5-12(7-10(13)3)15-8-11(4)14/h5-7,9,11H,8,14H2,1-4H3/t11-/m1/s1. The molecular weight excluding hydrogens is 186 g/mol. The molecule has 1 atom stereocenters. The van der Waals surface area contributed by atoms with E-state index in [9.17, 15) is 0 Å². The number of aryl methyl sites for hydroxylation is 1. The van der Waals surface area contributed by atoms with Gasteiger partial charge in [0.1, 0.15) is 12.4 Å². The first kappa shape index (κ1) is 12.1. The van der Waals surface area contributed by atoms with Crippen LogP contribution in [0.4, 0.5) is 0 Å². The summed E-state index contributed by atoms with van der Waals surface area (Å²) in [6, 6.07) is 6.31. The molecule has 0 radical (unpaired) electrons. The highest BCUT2D eigenvalue weighted by atomic mass is 16.5. The molecule has 0 saturated carbocycles. The van der Waals surface area contributed by atoms with Crippen LogP contribution in [-0.4, -0.2) is 12.6 Å². The van der Waals surface area contributed by atoms with Crippen LogP contribution in [0.15, 0.2) is 18.2 Å². The molecular formula is C13H21NO. The molecule has 0 fully saturated rings. The van der Waals surface area contributed by atoms with E-state index in [1.54, 1.807) is 0 Å². The second-order valence-electron chi connectivity index (χ2n) is 4.46. The SMILES string of the molecule is Cc1cc(OC[C@@H](C)N)ccc1C(C)C. The summed E-state index contributed by atoms with van der Waals surface area (Å²) in [6.07, 6.45) is 0. The first-order valence-corrected chi connectivity index (χ1v) is 5.49. The second-order valence-corrected chi connectivity index (χ2v) is 4.46. The van der Waals surface area contributed by atoms with Crippen molar-refractivity contribution in [3.8, 4) is 5.75 Å². The zero-order chi connectivity index (χ0) is 11.4. The molecule has 2 heteroatoms. The van der Waals surface area contributed by atoms with Crippen molar-refractivity contribution in [1.82, 2.24) is 0 Å². The molecule has 0 aliphatic carbocycles. The fraction of sp³-hybridized carbons (Fsp3) is 0.538. The highest BCUT2D eigenvalue weighted by Gasteiger charge is 2.05. The van der Waals surface area contributed by atoms with Crippen LogP contribution in [0.3, 0.4) is 0 Å². The van der Waals surface area contributed by atoms with Crippen molar-refractivity contribution >= 4 is 0 Å². The molecule has 0 amide bonds. The van der Waals surface area contributed by atoms with Crippen LogP contribution >= 0.6 is 0 Å². The summed E-state index contributed by atoms with van der Waals surface area (Å²) in [6.45, 7) is 9.03. The lowest BCUT2D eigenvalue weighted by Gasteiger charge is -2.13. The molecule has 1 aromatic rings. The molecule has 1 aromatic carbocycles. The Morgan fingerprint density at radius 2 is 1.93 bits per heavy atom. The van der Waals surface area contributed by atoms with Crippen LogP contribution < -0.4 is 10.5 Å². The van der Waals surface area contributed by atoms with Crippen LogP contribution in [0.5, 0.6) is 5.75 Å². The first-order valence-electron chi connectivity index (χ1n) is 5.49. The molecule has 84 valence electrons. The highest BCUT2D eigenvalue weighted by Crippen LogP contribution is 2.23. The van der Waals surface area contributed by atoms with Gasteiger partial charge in [-0.05, 0) is 43.0 Å². The average Bonchev–Trinajstić information content (AvgIpc) is 2.14. The fourth-order valence-corrected chi connectivity index (χ4v) is 1.61. The molecule has 0 spiro atoms. The van der Waals surface area contributed by atoms with Crippen molar-refractivity contribution < 1.29 is 4.74 Å². The van der Waals surface area contributed by atoms with Crippen molar-refractivity contribution in [2.45, 2.75) is 39.7 Å². The third-order valence-electron chi connectivity index (χ3n) is 2.38. The van der Waals surface area contributed by atoms with E-state index >= 15 is 0 Å². The van der Waals surface area contributed by atoms with Crippen molar-refractivity contribution in [1.29, 1.82) is 0 Å². The van der Waals surface area contributed by atoms with E-state index in [0.29, 0.717) is 12.5 Å². The first-order chi connectivity index (χ1) is 7.00. The lowest BCUT2D eigenvalue weighted by atomic mass is 9.98. The Hall–Kier alpha value is -1.02. The Balaban J connectivity index is 2.73. The van der Waals surface area contributed by atoms with Crippen molar-refractivity contribution in [2.75, 3.05) is 6.61 Å². The van der Waals surface area contributed by atoms with Gasteiger partial charge in [0.25, 0.3) is 0 Å². The van der Waals surface area contributed by atoms with E-state index in [1.807, 2.05) is 13.0 Å². The van der Waals surface area contributed by atoms with Gasteiger partial charge in [-0.15, -0.1) is 0 Å². The highest BCUT2D eigenvalue weighted by molar-refractivity contribution is 5.36. The van der Waals surface area contributed by atoms with E-state index in [-0.39, 0.29) is 6.04 Å². The maximum Gasteiger partial charge on any atom is 0.119 e. The van der Waals surface area contributed by atoms with Crippen LogP contribution in [0.2, 0.25) is 0 Å². The van der Waals surface area contributed by atoms with Crippen molar-refractivity contribution in [2.24, 2.45) is 5.73 Å². The number of hydrogen-bond donors (Lipinski definition) is 1. The molecule has 0 bridgehead atoms. The Labute approximate surface area is 92.4 Å². The van der Waals surface area contributed by atoms with Gasteiger partial charge in [-0.3, -0.25) is 0 Å². The quantitative estimate of drug-likeness (QED) is 0.824. The maximum atomic E-state index is 5.63. The van der Waals surface area contributed by atoms with Gasteiger partial charge in [0.2, 0.25) is 0 Å². The zero-order valence-electron chi connectivity index (χ0n) is 10.1. The molecule has 1 rings (SSSR count). The van der Waals surface area contributed by atoms with E-state index < -0.39 is 0 Å². The third kappa shape index (κ3) is 3.56. The largest absolute Gasteiger partial charge is 0.492 e. The molecule has 15 heavy (non-hydrogen) atoms. The molecule has 0 aliphatic heterocycles. The van der Waals surface area contributed by atoms with Crippen molar-refractivity contribution in [3.05, 3.63) is 29.3 Å². The van der Waals surface area contributed by atoms with Crippen LogP contribution in [0.1, 0.15) is 37.8 Å². The van der Waals surface area contributed by atoms with Gasteiger partial charge in [-0.1, -0.05) is 19.9 Å². The molecule has 0 aromatic heterocycles. The van der Waals surface area contributed by atoms with Gasteiger partial charge in [0, 0.05) is 6.04 Å². The number of nitrogens with two attached hydrogens (primary N) is 1. The molecule has 0 aliphatic rings. The van der Waals surface area contributed by atoms with E-state index in [0.717, 1.165) is 5.75 Å². The molecule has 2 nitrogen and oxygen atoms in total. The van der Waals surface area contributed by atoms with Crippen LogP contribution in [0, 0.1) is 6.92 Å². The summed E-state index contributed by atoms with van der Waals surface area (Å²) in [5, 5.41) is 0. The van der Waals surface area contributed by atoms with Gasteiger partial charge < -0.3 is 10.5 Å². The average molecular weight is 207 g/mol. The van der Waals surface area contributed by atoms with Gasteiger partial charge in [0.05, 0.1) is 0 Å². The topological polar surface area (TPSA) is 35.2 Å². The predicted molar refractivity (Wildman–Crippen MR) is 64.4 cm³/mol. The third-order valence-corrected chi connectivity index (χ3v) is 2.38. The summed E-state index contributed by atoms with van der Waals surface area (Å²) in [4.78, 5) is 0. The van der Waals surface area contributed by atoms with E-state index in [2.05, 4.69) is 32.9 Å². The second kappa shape index (κ2) is 5.17. The molecule has 0 unspecified atom stereocenters. The summed E-state index contributed by atoms with van der Waals surface area (Å²) in [7, 11) is 0. The lowest BCUT2D eigenvalue weighted by molar-refractivity contribution is 0.296. The summed E-state index contributed by atoms with van der Waals surface area (Å²) in [5.41, 5.74) is 8.29. The number of hydrogen-bond acceptors (Lipinski definition) is 2. The summed E-state index contributed by atoms with van der Waals surface area (Å²) in [5.74, 6) is 1.47. The maximum absolute atomic E-state index is 5.63. The van der Waals surface area contributed by atoms with E-state index in [4.69, 9.17) is 10.5 Å². The normalized spacial score (nSPS) is 12.9. The van der Waals surface area contributed by atoms with Gasteiger partial charge in [-0.2, -0.15) is 0 Å². The minimum Gasteiger partial charge on any atom is -0.492 e. The van der Waals surface area contributed by atoms with Gasteiger partial charge in [0.15, 0.2) is 0 Å². The number of rotatable bonds is 4. The Kier molecular flexibility index (Phi) is 4.15. The monoisotopic (exact) mass is 207 g/mol. The minimum absolute atomic E-state index is 0.0788. The van der Waals surface area contributed by atoms with Gasteiger partial charge in [-0.25, -0.2) is 0 Å². The fourth-order valence-electron chi connectivity index (χ4n) is 1.61. The molecule has 2 N–H and O–H groups in total. The summed E-state index contributed by atoms with van der Waals surface area (Å²) < 4.78 is 5.56. The Morgan fingerprint density at radius 1 is 1.27 bits per heavy atom. The molecule has 0 heterocycles. The Morgan fingerprint density at radius 3 is 2.40 bits per heavy atom. The van der Waals surface area contributed by atoms with Crippen LogP contribution in [-0.2, 0) is 0 Å². The number of ether oxygens (including phenoxy) is 1. The minimum atomic E-state index is 0.0788. The Bertz CT molecular complexity index is 318. The number of benzene rings is 1. The van der Waals surface area contributed by atoms with E-state index in [1.165, 1.54) is 11.1 Å². The van der Waals surface area contributed by atoms with Crippen molar-refractivity contribution in [3.63, 3.8) is 0 Å². The van der Waals surface area contributed by atoms with Crippen LogP contribution in [0.25, 0.3) is 0 Å². The summed E-state index contributed by atoms with van der Waals surface area (Å²) >= 11 is 0. The molecule has 0 saturated heterocycles. The van der Waals surface area contributed by atoms with Gasteiger partial charge >= 0.3 is 0 Å². The predicted octanol–water partition coefficient (Wildman–Crippen LogP) is 2.84.